The van der Waals surface area contributed by atoms with Crippen molar-refractivity contribution in [1.82, 2.24) is 14.7 Å². The van der Waals surface area contributed by atoms with Crippen LogP contribution in [0.2, 0.25) is 0 Å². The molecule has 2 heterocycles. The standard InChI is InChI=1S/C23H27N3O4S2/c1-3-30-22(29)25-13-11-24(12-14-25)20(27)9-10-26-21(28)19(32-23(26)31)16-17(2)15-18-7-5-4-6-8-18/h4-8,15-16H,3,9-14H2,1-2H3/b17-15+,19-16+. The van der Waals surface area contributed by atoms with Gasteiger partial charge in [-0.15, -0.1) is 0 Å². The quantitative estimate of drug-likeness (QED) is 0.465. The van der Waals surface area contributed by atoms with Crippen molar-refractivity contribution in [2.75, 3.05) is 39.3 Å². The van der Waals surface area contributed by atoms with Crippen molar-refractivity contribution in [2.24, 2.45) is 0 Å². The summed E-state index contributed by atoms with van der Waals surface area (Å²) in [4.78, 5) is 42.6. The predicted molar refractivity (Wildman–Crippen MR) is 130 cm³/mol. The lowest BCUT2D eigenvalue weighted by Crippen LogP contribution is -2.51. The van der Waals surface area contributed by atoms with Crippen molar-refractivity contribution >= 4 is 52.3 Å². The molecule has 7 nitrogen and oxygen atoms in total. The Bertz CT molecular complexity index is 938. The van der Waals surface area contributed by atoms with Gasteiger partial charge in [0.1, 0.15) is 4.32 Å². The van der Waals surface area contributed by atoms with Crippen LogP contribution in [-0.2, 0) is 14.3 Å². The molecule has 0 bridgehead atoms. The molecule has 1 aromatic carbocycles. The van der Waals surface area contributed by atoms with Gasteiger partial charge in [-0.2, -0.15) is 0 Å². The number of carbonyl (C=O) groups is 3. The van der Waals surface area contributed by atoms with Crippen LogP contribution in [0.25, 0.3) is 6.08 Å². The molecular formula is C23H27N3O4S2. The van der Waals surface area contributed by atoms with Crippen molar-refractivity contribution in [2.45, 2.75) is 20.3 Å². The highest BCUT2D eigenvalue weighted by molar-refractivity contribution is 8.26. The largest absolute Gasteiger partial charge is 0.450 e. The normalized spacial score (nSPS) is 18.5. The summed E-state index contributed by atoms with van der Waals surface area (Å²) in [6.45, 7) is 6.10. The van der Waals surface area contributed by atoms with Crippen molar-refractivity contribution in [3.05, 3.63) is 52.4 Å². The first kappa shape index (κ1) is 24.0. The Kier molecular flexibility index (Phi) is 8.46. The summed E-state index contributed by atoms with van der Waals surface area (Å²) in [6, 6.07) is 9.89. The maximum atomic E-state index is 12.8. The second-order valence-corrected chi connectivity index (χ2v) is 9.12. The summed E-state index contributed by atoms with van der Waals surface area (Å²) in [5.41, 5.74) is 2.01. The molecule has 3 amide bonds. The van der Waals surface area contributed by atoms with Crippen LogP contribution < -0.4 is 0 Å². The molecule has 32 heavy (non-hydrogen) atoms. The monoisotopic (exact) mass is 473 g/mol. The van der Waals surface area contributed by atoms with E-state index < -0.39 is 0 Å². The highest BCUT2D eigenvalue weighted by Crippen LogP contribution is 2.32. The Labute approximate surface area is 198 Å². The van der Waals surface area contributed by atoms with Gasteiger partial charge in [-0.25, -0.2) is 4.79 Å². The molecule has 0 saturated carbocycles. The fourth-order valence-electron chi connectivity index (χ4n) is 3.47. The zero-order valence-corrected chi connectivity index (χ0v) is 19.9. The number of rotatable bonds is 6. The van der Waals surface area contributed by atoms with Crippen LogP contribution in [0.1, 0.15) is 25.8 Å². The van der Waals surface area contributed by atoms with Gasteiger partial charge in [0.25, 0.3) is 5.91 Å². The van der Waals surface area contributed by atoms with Crippen LogP contribution >= 0.6 is 24.0 Å². The fraction of sp³-hybridized carbons (Fsp3) is 0.391. The lowest BCUT2D eigenvalue weighted by Gasteiger charge is -2.34. The molecule has 0 radical (unpaired) electrons. The first-order chi connectivity index (χ1) is 15.4. The Morgan fingerprint density at radius 3 is 2.44 bits per heavy atom. The van der Waals surface area contributed by atoms with E-state index >= 15 is 0 Å². The second kappa shape index (κ2) is 11.3. The maximum Gasteiger partial charge on any atom is 0.409 e. The molecule has 2 fully saturated rings. The van der Waals surface area contributed by atoms with E-state index in [1.165, 1.54) is 16.7 Å². The molecule has 3 rings (SSSR count). The van der Waals surface area contributed by atoms with Gasteiger partial charge in [0.2, 0.25) is 5.91 Å². The minimum absolute atomic E-state index is 0.0494. The Morgan fingerprint density at radius 1 is 1.12 bits per heavy atom. The number of thioether (sulfide) groups is 1. The number of benzene rings is 1. The van der Waals surface area contributed by atoms with Crippen molar-refractivity contribution in [3.8, 4) is 0 Å². The smallest absolute Gasteiger partial charge is 0.409 e. The van der Waals surface area contributed by atoms with Crippen molar-refractivity contribution < 1.29 is 19.1 Å². The summed E-state index contributed by atoms with van der Waals surface area (Å²) >= 11 is 6.64. The van der Waals surface area contributed by atoms with Crippen molar-refractivity contribution in [3.63, 3.8) is 0 Å². The lowest BCUT2D eigenvalue weighted by molar-refractivity contribution is -0.133. The van der Waals surface area contributed by atoms with Crippen LogP contribution in [0.15, 0.2) is 46.9 Å². The van der Waals surface area contributed by atoms with Gasteiger partial charge in [0.05, 0.1) is 11.5 Å². The molecule has 9 heteroatoms. The highest BCUT2D eigenvalue weighted by atomic mass is 32.2. The third-order valence-electron chi connectivity index (χ3n) is 5.13. The number of carbonyl (C=O) groups excluding carboxylic acids is 3. The molecule has 0 atom stereocenters. The summed E-state index contributed by atoms with van der Waals surface area (Å²) in [5, 5.41) is 0. The van der Waals surface area contributed by atoms with E-state index in [-0.39, 0.29) is 30.9 Å². The Morgan fingerprint density at radius 2 is 1.78 bits per heavy atom. The van der Waals surface area contributed by atoms with E-state index in [1.807, 2.05) is 49.4 Å². The number of ether oxygens (including phenoxy) is 1. The van der Waals surface area contributed by atoms with E-state index in [0.29, 0.717) is 42.0 Å². The number of allylic oxidation sites excluding steroid dienone is 2. The molecule has 0 unspecified atom stereocenters. The molecule has 0 spiro atoms. The van der Waals surface area contributed by atoms with Crippen LogP contribution in [0, 0.1) is 0 Å². The van der Waals surface area contributed by atoms with Gasteiger partial charge in [0.15, 0.2) is 0 Å². The summed E-state index contributed by atoms with van der Waals surface area (Å²) in [6.07, 6.45) is 3.69. The topological polar surface area (TPSA) is 70.2 Å². The predicted octanol–water partition coefficient (Wildman–Crippen LogP) is 3.52. The summed E-state index contributed by atoms with van der Waals surface area (Å²) < 4.78 is 5.47. The molecule has 0 N–H and O–H groups in total. The van der Waals surface area contributed by atoms with E-state index in [0.717, 1.165) is 11.1 Å². The lowest BCUT2D eigenvalue weighted by atomic mass is 10.1. The van der Waals surface area contributed by atoms with Crippen LogP contribution in [0.3, 0.4) is 0 Å². The molecule has 0 aromatic heterocycles. The SMILES string of the molecule is CCOC(=O)N1CCN(C(=O)CCN2C(=O)/C(=C\C(C)=C\c3ccccc3)SC2=S)CC1. The average Bonchev–Trinajstić information content (AvgIpc) is 3.05. The molecule has 170 valence electrons. The van der Waals surface area contributed by atoms with Gasteiger partial charge >= 0.3 is 6.09 Å². The number of hydrogen-bond acceptors (Lipinski definition) is 6. The van der Waals surface area contributed by atoms with E-state index in [2.05, 4.69) is 0 Å². The fourth-order valence-corrected chi connectivity index (χ4v) is 4.83. The van der Waals surface area contributed by atoms with E-state index in [9.17, 15) is 14.4 Å². The first-order valence-corrected chi connectivity index (χ1v) is 11.8. The minimum Gasteiger partial charge on any atom is -0.450 e. The number of piperazine rings is 1. The van der Waals surface area contributed by atoms with Crippen LogP contribution in [0.5, 0.6) is 0 Å². The molecule has 2 aliphatic heterocycles. The van der Waals surface area contributed by atoms with Gasteiger partial charge in [0, 0.05) is 39.1 Å². The second-order valence-electron chi connectivity index (χ2n) is 7.45. The molecule has 0 aliphatic carbocycles. The Hall–Kier alpha value is -2.65. The van der Waals surface area contributed by atoms with Gasteiger partial charge in [-0.3, -0.25) is 14.5 Å². The number of hydrogen-bond donors (Lipinski definition) is 0. The molecule has 2 aliphatic rings. The minimum atomic E-state index is -0.347. The van der Waals surface area contributed by atoms with E-state index in [4.69, 9.17) is 17.0 Å². The number of amides is 3. The van der Waals surface area contributed by atoms with Gasteiger partial charge in [-0.1, -0.05) is 60.4 Å². The maximum absolute atomic E-state index is 12.8. The zero-order chi connectivity index (χ0) is 23.1. The third kappa shape index (κ3) is 6.20. The molecule has 1 aromatic rings. The van der Waals surface area contributed by atoms with Gasteiger partial charge in [-0.05, 0) is 31.1 Å². The highest BCUT2D eigenvalue weighted by Gasteiger charge is 2.33. The molecular weight excluding hydrogens is 446 g/mol. The van der Waals surface area contributed by atoms with Gasteiger partial charge < -0.3 is 14.5 Å². The average molecular weight is 474 g/mol. The summed E-state index contributed by atoms with van der Waals surface area (Å²) in [5.74, 6) is -0.215. The number of thiocarbonyl (C=S) groups is 1. The third-order valence-corrected chi connectivity index (χ3v) is 6.51. The van der Waals surface area contributed by atoms with Crippen LogP contribution in [0.4, 0.5) is 4.79 Å². The van der Waals surface area contributed by atoms with Crippen molar-refractivity contribution in [1.29, 1.82) is 0 Å². The first-order valence-electron chi connectivity index (χ1n) is 10.6. The van der Waals surface area contributed by atoms with E-state index in [1.54, 1.807) is 16.7 Å². The summed E-state index contributed by atoms with van der Waals surface area (Å²) in [7, 11) is 0. The zero-order valence-electron chi connectivity index (χ0n) is 18.3. The molecule has 2 saturated heterocycles. The van der Waals surface area contributed by atoms with Crippen LogP contribution in [-0.4, -0.2) is 76.3 Å². The number of nitrogens with zero attached hydrogens (tertiary/aromatic N) is 3. The Balaban J connectivity index is 1.52.